The monoisotopic (exact) mass is 558 g/mol. The Morgan fingerprint density at radius 1 is 1.08 bits per heavy atom. The van der Waals surface area contributed by atoms with Crippen molar-refractivity contribution in [3.63, 3.8) is 0 Å². The van der Waals surface area contributed by atoms with Crippen LogP contribution in [0, 0.1) is 22.2 Å². The summed E-state index contributed by atoms with van der Waals surface area (Å²) >= 11 is 0. The number of benzene rings is 2. The molecule has 0 radical (unpaired) electrons. The fourth-order valence-corrected chi connectivity index (χ4v) is 7.68. The second kappa shape index (κ2) is 10.4. The lowest BCUT2D eigenvalue weighted by molar-refractivity contribution is -0.00265. The van der Waals surface area contributed by atoms with E-state index in [1.165, 1.54) is 0 Å². The van der Waals surface area contributed by atoms with Crippen LogP contribution in [0.3, 0.4) is 0 Å². The van der Waals surface area contributed by atoms with Gasteiger partial charge in [0.2, 0.25) is 0 Å². The SMILES string of the molecule is COc1cc2c(cc1OC)C1CCC3(C)C(OS(N)(=O)=O)CCC3C1C/C2=N\OCc1ccc(N)c(N=O)c1. The third-order valence-electron chi connectivity index (χ3n) is 8.89. The smallest absolute Gasteiger partial charge is 0.333 e. The van der Waals surface area contributed by atoms with E-state index < -0.39 is 16.4 Å². The molecule has 3 aliphatic rings. The average molecular weight is 559 g/mol. The number of methoxy groups -OCH3 is 2. The molecule has 11 nitrogen and oxygen atoms in total. The van der Waals surface area contributed by atoms with Crippen LogP contribution in [0.2, 0.25) is 0 Å². The highest BCUT2D eigenvalue weighted by atomic mass is 32.2. The minimum Gasteiger partial charge on any atom is -0.493 e. The minimum absolute atomic E-state index is 0.133. The summed E-state index contributed by atoms with van der Waals surface area (Å²) < 4.78 is 40.2. The Hall–Kier alpha value is -3.22. The third-order valence-corrected chi connectivity index (χ3v) is 9.40. The second-order valence-corrected chi connectivity index (χ2v) is 12.0. The van der Waals surface area contributed by atoms with Crippen molar-refractivity contribution < 1.29 is 26.9 Å². The molecule has 2 saturated carbocycles. The van der Waals surface area contributed by atoms with Crippen LogP contribution in [-0.2, 0) is 25.9 Å². The molecular formula is C27H34N4O7S. The Labute approximate surface area is 228 Å². The van der Waals surface area contributed by atoms with Gasteiger partial charge in [-0.05, 0) is 95.8 Å². The first kappa shape index (κ1) is 27.4. The molecule has 5 rings (SSSR count). The van der Waals surface area contributed by atoms with E-state index in [2.05, 4.69) is 17.3 Å². The Morgan fingerprint density at radius 3 is 2.51 bits per heavy atom. The number of oxime groups is 1. The summed E-state index contributed by atoms with van der Waals surface area (Å²) in [6.45, 7) is 2.25. The molecule has 5 atom stereocenters. The van der Waals surface area contributed by atoms with Gasteiger partial charge >= 0.3 is 10.3 Å². The van der Waals surface area contributed by atoms with Gasteiger partial charge in [0.05, 0.1) is 31.7 Å². The predicted molar refractivity (Wildman–Crippen MR) is 146 cm³/mol. The van der Waals surface area contributed by atoms with Crippen LogP contribution in [0.5, 0.6) is 11.5 Å². The first-order chi connectivity index (χ1) is 18.6. The summed E-state index contributed by atoms with van der Waals surface area (Å²) in [6.07, 6.45) is 3.35. The molecule has 2 aromatic rings. The summed E-state index contributed by atoms with van der Waals surface area (Å²) in [5, 5.41) is 12.8. The maximum absolute atomic E-state index is 11.8. The van der Waals surface area contributed by atoms with Gasteiger partial charge in [-0.2, -0.15) is 8.42 Å². The van der Waals surface area contributed by atoms with E-state index in [1.54, 1.807) is 32.4 Å². The van der Waals surface area contributed by atoms with Gasteiger partial charge in [0.15, 0.2) is 11.5 Å². The largest absolute Gasteiger partial charge is 0.493 e. The standard InChI is InChI=1S/C27H34N4O7S/c1-27-9-8-16-17-12-24(35-2)25(36-3)13-19(17)22(31-37-14-15-4-6-21(28)23(10-15)30-32)11-18(16)20(27)5-7-26(27)38-39(29,33)34/h4,6,10,12-13,16,18,20,26H,5,7-9,11,14,28H2,1-3H3,(H2,29,33,34)/b31-22+. The van der Waals surface area contributed by atoms with Crippen molar-refractivity contribution in [3.05, 3.63) is 51.9 Å². The zero-order valence-electron chi connectivity index (χ0n) is 22.3. The summed E-state index contributed by atoms with van der Waals surface area (Å²) in [7, 11) is -0.847. The first-order valence-electron chi connectivity index (χ1n) is 13.0. The van der Waals surface area contributed by atoms with Crippen LogP contribution in [0.4, 0.5) is 11.4 Å². The minimum atomic E-state index is -4.06. The molecule has 0 aliphatic heterocycles. The van der Waals surface area contributed by atoms with Gasteiger partial charge in [-0.25, -0.2) is 5.14 Å². The number of nitrogens with zero attached hydrogens (tertiary/aromatic N) is 2. The van der Waals surface area contributed by atoms with Gasteiger partial charge in [0.25, 0.3) is 0 Å². The number of anilines is 1. The topological polar surface area (TPSA) is 165 Å². The van der Waals surface area contributed by atoms with Crippen molar-refractivity contribution in [2.24, 2.45) is 32.7 Å². The zero-order valence-corrected chi connectivity index (χ0v) is 23.1. The lowest BCUT2D eigenvalue weighted by Crippen LogP contribution is -2.46. The average Bonchev–Trinajstić information content (AvgIpc) is 3.23. The third kappa shape index (κ3) is 5.08. The summed E-state index contributed by atoms with van der Waals surface area (Å²) in [6, 6.07) is 8.93. The van der Waals surface area contributed by atoms with Gasteiger partial charge in [0, 0.05) is 5.56 Å². The van der Waals surface area contributed by atoms with Crippen LogP contribution in [-0.4, -0.2) is 34.5 Å². The highest BCUT2D eigenvalue weighted by molar-refractivity contribution is 7.84. The van der Waals surface area contributed by atoms with Gasteiger partial charge in [0.1, 0.15) is 12.3 Å². The van der Waals surface area contributed by atoms with Gasteiger partial charge in [-0.1, -0.05) is 18.1 Å². The van der Waals surface area contributed by atoms with E-state index in [0.29, 0.717) is 35.6 Å². The molecule has 5 unspecified atom stereocenters. The van der Waals surface area contributed by atoms with E-state index in [9.17, 15) is 13.3 Å². The van der Waals surface area contributed by atoms with Gasteiger partial charge in [-0.3, -0.25) is 4.18 Å². The van der Waals surface area contributed by atoms with Crippen LogP contribution in [0.25, 0.3) is 0 Å². The molecular weight excluding hydrogens is 524 g/mol. The van der Waals surface area contributed by atoms with Crippen molar-refractivity contribution >= 4 is 27.4 Å². The maximum Gasteiger partial charge on any atom is 0.333 e. The molecule has 2 aromatic carbocycles. The highest BCUT2D eigenvalue weighted by Gasteiger charge is 2.57. The van der Waals surface area contributed by atoms with Crippen molar-refractivity contribution in [2.75, 3.05) is 20.0 Å². The zero-order chi connectivity index (χ0) is 27.9. The molecule has 4 N–H and O–H groups in total. The maximum atomic E-state index is 11.8. The van der Waals surface area contributed by atoms with Gasteiger partial charge < -0.3 is 20.0 Å². The Bertz CT molecular complexity index is 1410. The molecule has 3 aliphatic carbocycles. The van der Waals surface area contributed by atoms with Crippen LogP contribution in [0.1, 0.15) is 61.6 Å². The molecule has 12 heteroatoms. The number of hydrogen-bond donors (Lipinski definition) is 2. The molecule has 0 saturated heterocycles. The normalized spacial score (nSPS) is 28.8. The molecule has 210 valence electrons. The van der Waals surface area contributed by atoms with E-state index in [0.717, 1.165) is 36.1 Å². The van der Waals surface area contributed by atoms with Crippen LogP contribution in [0.15, 0.2) is 40.7 Å². The molecule has 0 bridgehead atoms. The summed E-state index contributed by atoms with van der Waals surface area (Å²) in [5.74, 6) is 1.90. The number of nitrogens with two attached hydrogens (primary N) is 2. The van der Waals surface area contributed by atoms with Crippen molar-refractivity contribution in [3.8, 4) is 11.5 Å². The number of hydrogen-bond acceptors (Lipinski definition) is 10. The van der Waals surface area contributed by atoms with Crippen molar-refractivity contribution in [1.29, 1.82) is 0 Å². The highest BCUT2D eigenvalue weighted by Crippen LogP contribution is 2.62. The molecule has 0 spiro atoms. The molecule has 0 amide bonds. The van der Waals surface area contributed by atoms with Crippen molar-refractivity contribution in [1.82, 2.24) is 0 Å². The number of ether oxygens (including phenoxy) is 2. The van der Waals surface area contributed by atoms with Crippen LogP contribution >= 0.6 is 0 Å². The van der Waals surface area contributed by atoms with E-state index in [1.807, 2.05) is 12.1 Å². The Kier molecular flexibility index (Phi) is 7.29. The van der Waals surface area contributed by atoms with Crippen LogP contribution < -0.4 is 20.3 Å². The number of nitrogen functional groups attached to an aromatic ring is 1. The molecule has 39 heavy (non-hydrogen) atoms. The van der Waals surface area contributed by atoms with Gasteiger partial charge in [-0.15, -0.1) is 4.91 Å². The number of rotatable bonds is 8. The summed E-state index contributed by atoms with van der Waals surface area (Å²) in [4.78, 5) is 16.8. The predicted octanol–water partition coefficient (Wildman–Crippen LogP) is 4.51. The molecule has 0 aromatic heterocycles. The number of fused-ring (bicyclic) bond motifs is 5. The lowest BCUT2D eigenvalue weighted by atomic mass is 9.55. The quantitative estimate of drug-likeness (QED) is 0.271. The van der Waals surface area contributed by atoms with Crippen molar-refractivity contribution in [2.45, 2.75) is 57.7 Å². The first-order valence-corrected chi connectivity index (χ1v) is 14.4. The second-order valence-electron chi connectivity index (χ2n) is 10.9. The summed E-state index contributed by atoms with van der Waals surface area (Å²) in [5.41, 5.74) is 9.46. The van der Waals surface area contributed by atoms with E-state index >= 15 is 0 Å². The molecule has 0 heterocycles. The Balaban J connectivity index is 1.49. The fourth-order valence-electron chi connectivity index (χ4n) is 7.04. The lowest BCUT2D eigenvalue weighted by Gasteiger charge is -2.50. The number of nitroso groups, excluding NO2 is 1. The fraction of sp³-hybridized carbons (Fsp3) is 0.519. The Morgan fingerprint density at radius 2 is 1.82 bits per heavy atom. The van der Waals surface area contributed by atoms with E-state index in [-0.39, 0.29) is 35.5 Å². The van der Waals surface area contributed by atoms with E-state index in [4.69, 9.17) is 29.4 Å². The molecule has 2 fully saturated rings.